The fourth-order valence-corrected chi connectivity index (χ4v) is 6.60. The van der Waals surface area contributed by atoms with Crippen LogP contribution in [0.15, 0.2) is 60.7 Å². The number of nitrogens with zero attached hydrogens (tertiary/aromatic N) is 2. The molecule has 10 nitrogen and oxygen atoms in total. The molecule has 43 heavy (non-hydrogen) atoms. The summed E-state index contributed by atoms with van der Waals surface area (Å²) >= 11 is 0. The predicted octanol–water partition coefficient (Wildman–Crippen LogP) is 5.63. The van der Waals surface area contributed by atoms with Gasteiger partial charge in [-0.05, 0) is 99.0 Å². The minimum absolute atomic E-state index is 0.0689. The smallest absolute Gasteiger partial charge is 0.407 e. The topological polar surface area (TPSA) is 140 Å². The number of pyridine rings is 1. The highest BCUT2D eigenvalue weighted by molar-refractivity contribution is 7.91. The molecular formula is C32H36N4O6S. The molecule has 0 bridgehead atoms. The number of amides is 1. The Labute approximate surface area is 251 Å². The van der Waals surface area contributed by atoms with Crippen molar-refractivity contribution in [1.82, 2.24) is 14.9 Å². The molecule has 2 aromatic carbocycles. The van der Waals surface area contributed by atoms with Gasteiger partial charge in [-0.1, -0.05) is 30.3 Å². The number of aryl methyl sites for hydroxylation is 1. The van der Waals surface area contributed by atoms with E-state index in [9.17, 15) is 23.1 Å². The third-order valence-corrected chi connectivity index (χ3v) is 8.45. The van der Waals surface area contributed by atoms with Gasteiger partial charge in [0.15, 0.2) is 0 Å². The monoisotopic (exact) mass is 604 g/mol. The summed E-state index contributed by atoms with van der Waals surface area (Å²) in [7, 11) is -3.69. The predicted molar refractivity (Wildman–Crippen MR) is 165 cm³/mol. The van der Waals surface area contributed by atoms with Crippen molar-refractivity contribution < 1.29 is 27.9 Å². The average molecular weight is 605 g/mol. The molecule has 0 radical (unpaired) electrons. The lowest BCUT2D eigenvalue weighted by molar-refractivity contribution is 0.0522. The first-order valence-corrected chi connectivity index (χ1v) is 15.9. The first-order chi connectivity index (χ1) is 20.4. The van der Waals surface area contributed by atoms with Gasteiger partial charge < -0.3 is 19.7 Å². The minimum atomic E-state index is -3.69. The second-order valence-electron chi connectivity index (χ2n) is 11.8. The zero-order chi connectivity index (χ0) is 30.8. The first-order valence-electron chi connectivity index (χ1n) is 14.3. The Bertz CT molecular complexity index is 1780. The maximum atomic E-state index is 13.1. The van der Waals surface area contributed by atoms with Gasteiger partial charge in [0.1, 0.15) is 16.9 Å². The molecule has 1 aliphatic carbocycles. The van der Waals surface area contributed by atoms with E-state index >= 15 is 0 Å². The molecule has 1 aliphatic rings. The molecule has 0 fully saturated rings. The highest BCUT2D eigenvalue weighted by Crippen LogP contribution is 2.31. The lowest BCUT2D eigenvalue weighted by Gasteiger charge is -2.22. The van der Waals surface area contributed by atoms with Crippen molar-refractivity contribution in [2.24, 2.45) is 0 Å². The molecule has 3 N–H and O–H groups in total. The van der Waals surface area contributed by atoms with E-state index in [0.717, 1.165) is 42.4 Å². The summed E-state index contributed by atoms with van der Waals surface area (Å²) in [6.07, 6.45) is 3.05. The summed E-state index contributed by atoms with van der Waals surface area (Å²) in [5, 5.41) is 13.4. The van der Waals surface area contributed by atoms with Crippen molar-refractivity contribution in [1.29, 1.82) is 0 Å². The largest absolute Gasteiger partial charge is 0.477 e. The van der Waals surface area contributed by atoms with Gasteiger partial charge in [0.2, 0.25) is 10.0 Å². The fraction of sp³-hybridized carbons (Fsp3) is 0.344. The first kappa shape index (κ1) is 30.1. The van der Waals surface area contributed by atoms with Crippen molar-refractivity contribution in [3.63, 3.8) is 0 Å². The number of anilines is 1. The van der Waals surface area contributed by atoms with Crippen molar-refractivity contribution in [2.75, 3.05) is 4.72 Å². The number of nitrogens with one attached hydrogen (secondary N) is 2. The summed E-state index contributed by atoms with van der Waals surface area (Å²) in [6.45, 7) is 5.63. The van der Waals surface area contributed by atoms with Crippen molar-refractivity contribution in [3.05, 3.63) is 94.3 Å². The number of sulfonamides is 1. The Morgan fingerprint density at radius 1 is 1.02 bits per heavy atom. The van der Waals surface area contributed by atoms with Gasteiger partial charge in [-0.3, -0.25) is 4.72 Å². The van der Waals surface area contributed by atoms with Crippen LogP contribution >= 0.6 is 0 Å². The minimum Gasteiger partial charge on any atom is -0.477 e. The molecule has 226 valence electrons. The van der Waals surface area contributed by atoms with E-state index in [2.05, 4.69) is 10.0 Å². The molecule has 0 saturated heterocycles. The van der Waals surface area contributed by atoms with Gasteiger partial charge >= 0.3 is 12.1 Å². The van der Waals surface area contributed by atoms with Crippen LogP contribution in [-0.2, 0) is 46.4 Å². The van der Waals surface area contributed by atoms with Crippen LogP contribution in [0.1, 0.15) is 72.0 Å². The molecule has 0 unspecified atom stereocenters. The average Bonchev–Trinajstić information content (AvgIpc) is 3.29. The second-order valence-corrected chi connectivity index (χ2v) is 13.5. The van der Waals surface area contributed by atoms with E-state index < -0.39 is 27.7 Å². The Morgan fingerprint density at radius 2 is 1.77 bits per heavy atom. The number of hydrogen-bond acceptors (Lipinski definition) is 6. The summed E-state index contributed by atoms with van der Waals surface area (Å²) in [6, 6.07) is 17.8. The van der Waals surface area contributed by atoms with Crippen LogP contribution in [0.2, 0.25) is 0 Å². The Hall–Kier alpha value is -4.38. The van der Waals surface area contributed by atoms with Gasteiger partial charge in [-0.2, -0.15) is 0 Å². The van der Waals surface area contributed by atoms with E-state index in [1.165, 1.54) is 0 Å². The molecule has 2 heterocycles. The van der Waals surface area contributed by atoms with Gasteiger partial charge in [0, 0.05) is 11.1 Å². The molecule has 0 aliphatic heterocycles. The van der Waals surface area contributed by atoms with Crippen LogP contribution in [0.25, 0.3) is 11.0 Å². The quantitative estimate of drug-likeness (QED) is 0.225. The van der Waals surface area contributed by atoms with Crippen molar-refractivity contribution in [3.8, 4) is 0 Å². The van der Waals surface area contributed by atoms with Crippen LogP contribution in [0.4, 0.5) is 10.5 Å². The van der Waals surface area contributed by atoms with E-state index in [0.29, 0.717) is 28.0 Å². The number of aromatic carboxylic acids is 1. The molecule has 0 atom stereocenters. The number of benzene rings is 2. The zero-order valence-corrected chi connectivity index (χ0v) is 25.3. The standard InChI is InChI=1S/C32H36N4O6S/c1-32(2,3)42-31(39)33-18-25-14-13-23-17-28(30(37)38)36(29(23)34-25)19-24-16-26(15-22-11-7-8-12-27(22)24)35-43(40,41)20-21-9-5-4-6-10-21/h4-6,9-10,13-17,35H,7-8,11-12,18-20H2,1-3H3,(H,33,39)(H,37,38). The van der Waals surface area contributed by atoms with Crippen LogP contribution in [0.3, 0.4) is 0 Å². The number of carboxylic acids is 1. The molecule has 0 saturated carbocycles. The highest BCUT2D eigenvalue weighted by Gasteiger charge is 2.22. The number of aromatic nitrogens is 2. The third-order valence-electron chi connectivity index (χ3n) is 7.19. The van der Waals surface area contributed by atoms with Gasteiger partial charge in [0.25, 0.3) is 0 Å². The number of carbonyl (C=O) groups is 2. The Balaban J connectivity index is 1.48. The molecule has 11 heteroatoms. The third kappa shape index (κ3) is 7.53. The molecule has 1 amide bonds. The fourth-order valence-electron chi connectivity index (χ4n) is 5.42. The van der Waals surface area contributed by atoms with Crippen molar-refractivity contribution in [2.45, 2.75) is 70.9 Å². The molecule has 5 rings (SSSR count). The summed E-state index contributed by atoms with van der Waals surface area (Å²) in [4.78, 5) is 29.2. The number of hydrogen-bond donors (Lipinski definition) is 3. The molecule has 4 aromatic rings. The lowest BCUT2D eigenvalue weighted by atomic mass is 9.87. The normalized spacial score (nSPS) is 13.4. The summed E-state index contributed by atoms with van der Waals surface area (Å²) in [5.41, 5.74) is 4.57. The van der Waals surface area contributed by atoms with E-state index in [1.54, 1.807) is 73.9 Å². The van der Waals surface area contributed by atoms with Gasteiger partial charge in [0.05, 0.1) is 24.5 Å². The van der Waals surface area contributed by atoms with E-state index in [-0.39, 0.29) is 24.5 Å². The van der Waals surface area contributed by atoms with E-state index in [1.807, 2.05) is 12.1 Å². The number of alkyl carbamates (subject to hydrolysis) is 1. The number of ether oxygens (including phenoxy) is 1. The van der Waals surface area contributed by atoms with Crippen LogP contribution in [0, 0.1) is 0 Å². The van der Waals surface area contributed by atoms with Gasteiger partial charge in [-0.25, -0.2) is 23.0 Å². The molecular weight excluding hydrogens is 568 g/mol. The Morgan fingerprint density at radius 3 is 2.49 bits per heavy atom. The maximum absolute atomic E-state index is 13.1. The SMILES string of the molecule is CC(C)(C)OC(=O)NCc1ccc2cc(C(=O)O)n(Cc3cc(NS(=O)(=O)Cc4ccccc4)cc4c3CCCC4)c2n1. The highest BCUT2D eigenvalue weighted by atomic mass is 32.2. The molecule has 2 aromatic heterocycles. The maximum Gasteiger partial charge on any atom is 0.407 e. The lowest BCUT2D eigenvalue weighted by Crippen LogP contribution is -2.32. The van der Waals surface area contributed by atoms with Crippen molar-refractivity contribution >= 4 is 38.8 Å². The number of carboxylic acid groups (broad SMARTS) is 1. The Kier molecular flexibility index (Phi) is 8.45. The summed E-state index contributed by atoms with van der Waals surface area (Å²) in [5.74, 6) is -1.25. The number of rotatable bonds is 9. The number of carbonyl (C=O) groups excluding carboxylic acids is 1. The molecule has 0 spiro atoms. The second kappa shape index (κ2) is 12.1. The zero-order valence-electron chi connectivity index (χ0n) is 24.5. The van der Waals surface area contributed by atoms with Crippen LogP contribution < -0.4 is 10.0 Å². The summed E-state index contributed by atoms with van der Waals surface area (Å²) < 4.78 is 35.8. The van der Waals surface area contributed by atoms with E-state index in [4.69, 9.17) is 9.72 Å². The van der Waals surface area contributed by atoms with Crippen LogP contribution in [-0.4, -0.2) is 40.7 Å². The van der Waals surface area contributed by atoms with Crippen LogP contribution in [0.5, 0.6) is 0 Å². The number of fused-ring (bicyclic) bond motifs is 2. The van der Waals surface area contributed by atoms with Gasteiger partial charge in [-0.15, -0.1) is 0 Å².